The Morgan fingerprint density at radius 2 is 1.62 bits per heavy atom. The number of hydrogen-bond acceptors (Lipinski definition) is 1. The van der Waals surface area contributed by atoms with Crippen molar-refractivity contribution in [1.82, 2.24) is 0 Å². The molecule has 0 bridgehead atoms. The minimum atomic E-state index is -4.05. The van der Waals surface area contributed by atoms with E-state index in [1.54, 1.807) is 0 Å². The Bertz CT molecular complexity index is 193. The van der Waals surface area contributed by atoms with E-state index < -0.39 is 12.6 Å². The van der Waals surface area contributed by atoms with Crippen LogP contribution in [0.25, 0.3) is 0 Å². The summed E-state index contributed by atoms with van der Waals surface area (Å²) in [4.78, 5) is 0. The Morgan fingerprint density at radius 3 is 2.00 bits per heavy atom. The highest BCUT2D eigenvalue weighted by Gasteiger charge is 2.27. The fourth-order valence-electron chi connectivity index (χ4n) is 1.49. The smallest absolute Gasteiger partial charge is 0.328 e. The van der Waals surface area contributed by atoms with Crippen LogP contribution in [0.1, 0.15) is 53.4 Å². The lowest BCUT2D eigenvalue weighted by molar-refractivity contribution is -0.135. The van der Waals surface area contributed by atoms with Crippen LogP contribution in [0.15, 0.2) is 0 Å². The van der Waals surface area contributed by atoms with E-state index in [-0.39, 0.29) is 17.9 Å². The van der Waals surface area contributed by atoms with Crippen molar-refractivity contribution >= 4 is 0 Å². The normalized spacial score (nSPS) is 17.2. The highest BCUT2D eigenvalue weighted by molar-refractivity contribution is 4.75. The van der Waals surface area contributed by atoms with E-state index in [9.17, 15) is 13.2 Å². The number of nitrogens with two attached hydrogens (primary N) is 1. The second-order valence-corrected chi connectivity index (χ2v) is 5.77. The Morgan fingerprint density at radius 1 is 1.12 bits per heavy atom. The predicted octanol–water partition coefficient (Wildman–Crippen LogP) is 4.12. The molecule has 0 aliphatic carbocycles. The molecule has 0 aromatic rings. The molecule has 2 atom stereocenters. The molecule has 0 aliphatic heterocycles. The molecule has 0 heterocycles. The average Bonchev–Trinajstić information content (AvgIpc) is 1.99. The van der Waals surface area contributed by atoms with Crippen molar-refractivity contribution in [2.75, 3.05) is 0 Å². The third kappa shape index (κ3) is 7.97. The van der Waals surface area contributed by atoms with Crippen molar-refractivity contribution in [3.63, 3.8) is 0 Å². The van der Waals surface area contributed by atoms with Gasteiger partial charge in [-0.25, -0.2) is 0 Å². The first kappa shape index (κ1) is 15.8. The van der Waals surface area contributed by atoms with Gasteiger partial charge in [0.05, 0.1) is 0 Å². The zero-order chi connectivity index (χ0) is 13.0. The van der Waals surface area contributed by atoms with Crippen LogP contribution in [-0.2, 0) is 0 Å². The maximum absolute atomic E-state index is 11.9. The molecule has 16 heavy (non-hydrogen) atoms. The van der Waals surface area contributed by atoms with Gasteiger partial charge in [0.1, 0.15) is 0 Å². The predicted molar refractivity (Wildman–Crippen MR) is 61.1 cm³/mol. The molecule has 1 nitrogen and oxygen atoms in total. The standard InChI is InChI=1S/C12H24F3N/c1-9(11(2,3)4)8-10(16)6-5-7-12(13,14)15/h9-10H,5-8,16H2,1-4H3. The van der Waals surface area contributed by atoms with Crippen LogP contribution in [0.3, 0.4) is 0 Å². The molecule has 0 rings (SSSR count). The van der Waals surface area contributed by atoms with E-state index >= 15 is 0 Å². The monoisotopic (exact) mass is 239 g/mol. The molecule has 0 spiro atoms. The molecule has 2 unspecified atom stereocenters. The zero-order valence-corrected chi connectivity index (χ0v) is 10.7. The summed E-state index contributed by atoms with van der Waals surface area (Å²) in [6.45, 7) is 8.48. The first-order valence-corrected chi connectivity index (χ1v) is 5.84. The fourth-order valence-corrected chi connectivity index (χ4v) is 1.49. The van der Waals surface area contributed by atoms with Crippen molar-refractivity contribution in [1.29, 1.82) is 0 Å². The fraction of sp³-hybridized carbons (Fsp3) is 1.00. The minimum absolute atomic E-state index is 0.114. The van der Waals surface area contributed by atoms with Crippen LogP contribution >= 0.6 is 0 Å². The topological polar surface area (TPSA) is 26.0 Å². The number of halogens is 3. The van der Waals surface area contributed by atoms with E-state index in [4.69, 9.17) is 5.73 Å². The first-order chi connectivity index (χ1) is 7.02. The summed E-state index contributed by atoms with van der Waals surface area (Å²) < 4.78 is 35.8. The summed E-state index contributed by atoms with van der Waals surface area (Å²) in [6.07, 6.45) is -3.37. The lowest BCUT2D eigenvalue weighted by Gasteiger charge is -2.29. The van der Waals surface area contributed by atoms with Gasteiger partial charge in [0.25, 0.3) is 0 Å². The molecule has 0 saturated carbocycles. The quantitative estimate of drug-likeness (QED) is 0.767. The van der Waals surface area contributed by atoms with E-state index in [0.717, 1.165) is 6.42 Å². The summed E-state index contributed by atoms with van der Waals surface area (Å²) in [5, 5.41) is 0. The van der Waals surface area contributed by atoms with Crippen LogP contribution in [0.2, 0.25) is 0 Å². The molecule has 0 radical (unpaired) electrons. The van der Waals surface area contributed by atoms with Crippen LogP contribution in [0.4, 0.5) is 13.2 Å². The van der Waals surface area contributed by atoms with Gasteiger partial charge in [0, 0.05) is 12.5 Å². The van der Waals surface area contributed by atoms with Gasteiger partial charge in [-0.15, -0.1) is 0 Å². The molecule has 0 saturated heterocycles. The number of rotatable bonds is 5. The maximum Gasteiger partial charge on any atom is 0.389 e. The Hall–Kier alpha value is -0.250. The number of alkyl halides is 3. The molecule has 0 aliphatic rings. The van der Waals surface area contributed by atoms with E-state index in [1.165, 1.54) is 0 Å². The van der Waals surface area contributed by atoms with E-state index in [2.05, 4.69) is 27.7 Å². The molecule has 98 valence electrons. The Labute approximate surface area is 96.6 Å². The molecule has 2 N–H and O–H groups in total. The van der Waals surface area contributed by atoms with Crippen molar-refractivity contribution in [3.8, 4) is 0 Å². The van der Waals surface area contributed by atoms with Crippen molar-refractivity contribution in [3.05, 3.63) is 0 Å². The van der Waals surface area contributed by atoms with Crippen molar-refractivity contribution < 1.29 is 13.2 Å². The highest BCUT2D eigenvalue weighted by Crippen LogP contribution is 2.30. The molecule has 4 heteroatoms. The van der Waals surface area contributed by atoms with Crippen LogP contribution in [0.5, 0.6) is 0 Å². The lowest BCUT2D eigenvalue weighted by Crippen LogP contribution is -2.28. The van der Waals surface area contributed by atoms with Crippen molar-refractivity contribution in [2.45, 2.75) is 65.6 Å². The number of hydrogen-bond donors (Lipinski definition) is 1. The third-order valence-electron chi connectivity index (χ3n) is 3.17. The Kier molecular flexibility index (Phi) is 5.80. The molecular weight excluding hydrogens is 215 g/mol. The van der Waals surface area contributed by atoms with E-state index in [0.29, 0.717) is 12.3 Å². The van der Waals surface area contributed by atoms with Crippen LogP contribution in [-0.4, -0.2) is 12.2 Å². The second kappa shape index (κ2) is 5.89. The van der Waals surface area contributed by atoms with E-state index in [1.807, 2.05) is 0 Å². The summed E-state index contributed by atoms with van der Waals surface area (Å²) in [6, 6.07) is -0.114. The van der Waals surface area contributed by atoms with Crippen LogP contribution < -0.4 is 5.73 Å². The van der Waals surface area contributed by atoms with Crippen molar-refractivity contribution in [2.24, 2.45) is 17.1 Å². The minimum Gasteiger partial charge on any atom is -0.328 e. The van der Waals surface area contributed by atoms with Gasteiger partial charge in [0.15, 0.2) is 0 Å². The molecule has 0 amide bonds. The van der Waals surface area contributed by atoms with Gasteiger partial charge in [-0.2, -0.15) is 13.2 Å². The summed E-state index contributed by atoms with van der Waals surface area (Å²) in [5.74, 6) is 0.424. The third-order valence-corrected chi connectivity index (χ3v) is 3.17. The summed E-state index contributed by atoms with van der Waals surface area (Å²) >= 11 is 0. The molecule has 0 fully saturated rings. The van der Waals surface area contributed by atoms with Gasteiger partial charge in [-0.3, -0.25) is 0 Å². The van der Waals surface area contributed by atoms with Crippen LogP contribution in [0, 0.1) is 11.3 Å². The SMILES string of the molecule is CC(CC(N)CCCC(F)(F)F)C(C)(C)C. The summed E-state index contributed by atoms with van der Waals surface area (Å²) in [7, 11) is 0. The van der Waals surface area contributed by atoms with Gasteiger partial charge in [0.2, 0.25) is 0 Å². The first-order valence-electron chi connectivity index (χ1n) is 5.84. The lowest BCUT2D eigenvalue weighted by atomic mass is 9.78. The molecule has 0 aromatic carbocycles. The van der Waals surface area contributed by atoms with Gasteiger partial charge >= 0.3 is 6.18 Å². The zero-order valence-electron chi connectivity index (χ0n) is 10.7. The largest absolute Gasteiger partial charge is 0.389 e. The second-order valence-electron chi connectivity index (χ2n) is 5.77. The molecule has 0 aromatic heterocycles. The highest BCUT2D eigenvalue weighted by atomic mass is 19.4. The van der Waals surface area contributed by atoms with Gasteiger partial charge < -0.3 is 5.73 Å². The average molecular weight is 239 g/mol. The maximum atomic E-state index is 11.9. The van der Waals surface area contributed by atoms with Gasteiger partial charge in [-0.1, -0.05) is 27.7 Å². The van der Waals surface area contributed by atoms with Gasteiger partial charge in [-0.05, 0) is 30.6 Å². The Balaban J connectivity index is 3.79. The molecular formula is C12H24F3N. The summed E-state index contributed by atoms with van der Waals surface area (Å²) in [5.41, 5.74) is 6.00.